The van der Waals surface area contributed by atoms with Gasteiger partial charge >= 0.3 is 0 Å². The summed E-state index contributed by atoms with van der Waals surface area (Å²) in [5.74, 6) is 1.12. The molecule has 0 amide bonds. The summed E-state index contributed by atoms with van der Waals surface area (Å²) in [5.41, 5.74) is 2.49. The van der Waals surface area contributed by atoms with Crippen molar-refractivity contribution in [3.05, 3.63) is 29.6 Å². The number of aryl methyl sites for hydroxylation is 1. The molecule has 0 bridgehead atoms. The molecule has 3 heteroatoms. The molecular weight excluding hydrogens is 240 g/mol. The summed E-state index contributed by atoms with van der Waals surface area (Å²) in [6.45, 7) is 8.95. The number of thioether (sulfide) groups is 1. The number of likely N-dealkylation sites (N-methyl/N-ethyl adjacent to an activating group) is 1. The van der Waals surface area contributed by atoms with Crippen LogP contribution >= 0.6 is 11.8 Å². The Bertz CT molecular complexity index is 341. The van der Waals surface area contributed by atoms with Gasteiger partial charge in [0.1, 0.15) is 0 Å². The highest BCUT2D eigenvalue weighted by molar-refractivity contribution is 8.00. The summed E-state index contributed by atoms with van der Waals surface area (Å²) in [4.78, 5) is 4.53. The number of hydrogen-bond donors (Lipinski definition) is 1. The van der Waals surface area contributed by atoms with Gasteiger partial charge in [0.2, 0.25) is 0 Å². The van der Waals surface area contributed by atoms with Crippen molar-refractivity contribution in [1.82, 2.24) is 10.3 Å². The SMILES string of the molecule is CCc1ccc(CC(CSC(C)(C)C)NC)nc1. The Kier molecular flexibility index (Phi) is 6.16. The zero-order valence-corrected chi connectivity index (χ0v) is 13.1. The van der Waals surface area contributed by atoms with Crippen molar-refractivity contribution in [2.75, 3.05) is 12.8 Å². The van der Waals surface area contributed by atoms with Crippen molar-refractivity contribution in [2.24, 2.45) is 0 Å². The van der Waals surface area contributed by atoms with Crippen molar-refractivity contribution in [3.8, 4) is 0 Å². The first-order chi connectivity index (χ1) is 8.44. The van der Waals surface area contributed by atoms with Crippen LogP contribution < -0.4 is 5.32 Å². The van der Waals surface area contributed by atoms with Gasteiger partial charge in [-0.25, -0.2) is 0 Å². The molecule has 1 aromatic heterocycles. The van der Waals surface area contributed by atoms with Crippen LogP contribution in [0, 0.1) is 0 Å². The third-order valence-corrected chi connectivity index (χ3v) is 4.31. The molecule has 0 spiro atoms. The van der Waals surface area contributed by atoms with Crippen LogP contribution in [0.4, 0.5) is 0 Å². The summed E-state index contributed by atoms with van der Waals surface area (Å²) < 4.78 is 0.328. The summed E-state index contributed by atoms with van der Waals surface area (Å²) in [6, 6.07) is 4.84. The largest absolute Gasteiger partial charge is 0.316 e. The minimum absolute atomic E-state index is 0.328. The number of pyridine rings is 1. The van der Waals surface area contributed by atoms with Crippen LogP contribution in [0.5, 0.6) is 0 Å². The van der Waals surface area contributed by atoms with Crippen LogP contribution in [0.25, 0.3) is 0 Å². The van der Waals surface area contributed by atoms with Crippen LogP contribution in [0.2, 0.25) is 0 Å². The predicted octanol–water partition coefficient (Wildman–Crippen LogP) is 3.31. The van der Waals surface area contributed by atoms with Gasteiger partial charge in [-0.3, -0.25) is 4.98 Å². The van der Waals surface area contributed by atoms with Crippen LogP contribution in [0.1, 0.15) is 39.0 Å². The number of nitrogens with one attached hydrogen (secondary N) is 1. The smallest absolute Gasteiger partial charge is 0.0419 e. The van der Waals surface area contributed by atoms with E-state index in [2.05, 4.69) is 50.1 Å². The minimum Gasteiger partial charge on any atom is -0.316 e. The van der Waals surface area contributed by atoms with Gasteiger partial charge in [0.05, 0.1) is 0 Å². The Morgan fingerprint density at radius 1 is 1.33 bits per heavy atom. The monoisotopic (exact) mass is 266 g/mol. The van der Waals surface area contributed by atoms with Gasteiger partial charge in [-0.2, -0.15) is 11.8 Å². The third-order valence-electron chi connectivity index (χ3n) is 2.88. The summed E-state index contributed by atoms with van der Waals surface area (Å²) in [5, 5.41) is 3.39. The normalized spacial score (nSPS) is 13.6. The first-order valence-electron chi connectivity index (χ1n) is 6.69. The lowest BCUT2D eigenvalue weighted by atomic mass is 10.1. The molecule has 0 aliphatic heterocycles. The molecule has 0 aliphatic rings. The highest BCUT2D eigenvalue weighted by Gasteiger charge is 2.15. The molecule has 0 aromatic carbocycles. The molecule has 0 radical (unpaired) electrons. The molecule has 1 N–H and O–H groups in total. The second-order valence-electron chi connectivity index (χ2n) is 5.62. The maximum absolute atomic E-state index is 4.53. The topological polar surface area (TPSA) is 24.9 Å². The van der Waals surface area contributed by atoms with Crippen LogP contribution in [0.3, 0.4) is 0 Å². The van der Waals surface area contributed by atoms with Gasteiger partial charge in [-0.15, -0.1) is 0 Å². The molecular formula is C15H26N2S. The third kappa shape index (κ3) is 5.87. The molecule has 0 aliphatic carbocycles. The molecule has 1 atom stereocenters. The Morgan fingerprint density at radius 2 is 2.06 bits per heavy atom. The fraction of sp³-hybridized carbons (Fsp3) is 0.667. The summed E-state index contributed by atoms with van der Waals surface area (Å²) in [7, 11) is 2.04. The van der Waals surface area contributed by atoms with E-state index in [9.17, 15) is 0 Å². The average molecular weight is 266 g/mol. The molecule has 0 saturated carbocycles. The zero-order chi connectivity index (χ0) is 13.6. The van der Waals surface area contributed by atoms with Crippen molar-refractivity contribution in [1.29, 1.82) is 0 Å². The van der Waals surface area contributed by atoms with E-state index in [1.807, 2.05) is 25.0 Å². The standard InChI is InChI=1S/C15H26N2S/c1-6-12-7-8-13(17-10-12)9-14(16-5)11-18-15(2,3)4/h7-8,10,14,16H,6,9,11H2,1-5H3. The van der Waals surface area contributed by atoms with E-state index in [1.54, 1.807) is 0 Å². The van der Waals surface area contributed by atoms with E-state index < -0.39 is 0 Å². The second kappa shape index (κ2) is 7.15. The Balaban J connectivity index is 2.51. The molecule has 18 heavy (non-hydrogen) atoms. The molecule has 1 unspecified atom stereocenters. The second-order valence-corrected chi connectivity index (χ2v) is 7.47. The maximum Gasteiger partial charge on any atom is 0.0419 e. The maximum atomic E-state index is 4.53. The molecule has 1 aromatic rings. The quantitative estimate of drug-likeness (QED) is 0.855. The van der Waals surface area contributed by atoms with Crippen LogP contribution in [0.15, 0.2) is 18.3 Å². The minimum atomic E-state index is 0.328. The van der Waals surface area contributed by atoms with Gasteiger partial charge < -0.3 is 5.32 Å². The number of hydrogen-bond acceptors (Lipinski definition) is 3. The Morgan fingerprint density at radius 3 is 2.50 bits per heavy atom. The lowest BCUT2D eigenvalue weighted by Gasteiger charge is -2.22. The highest BCUT2D eigenvalue weighted by Crippen LogP contribution is 2.24. The highest BCUT2D eigenvalue weighted by atomic mass is 32.2. The molecule has 102 valence electrons. The predicted molar refractivity (Wildman–Crippen MR) is 82.4 cm³/mol. The average Bonchev–Trinajstić information content (AvgIpc) is 2.34. The first kappa shape index (κ1) is 15.5. The van der Waals surface area contributed by atoms with Gasteiger partial charge in [-0.05, 0) is 25.1 Å². The van der Waals surface area contributed by atoms with E-state index in [1.165, 1.54) is 11.3 Å². The lowest BCUT2D eigenvalue weighted by Crippen LogP contribution is -2.32. The van der Waals surface area contributed by atoms with E-state index in [4.69, 9.17) is 0 Å². The summed E-state index contributed by atoms with van der Waals surface area (Å²) >= 11 is 2.00. The van der Waals surface area contributed by atoms with Crippen molar-refractivity contribution >= 4 is 11.8 Å². The van der Waals surface area contributed by atoms with Crippen molar-refractivity contribution < 1.29 is 0 Å². The molecule has 1 rings (SSSR count). The van der Waals surface area contributed by atoms with Gasteiger partial charge in [-0.1, -0.05) is 33.8 Å². The fourth-order valence-electron chi connectivity index (χ4n) is 1.63. The van der Waals surface area contributed by atoms with Crippen LogP contribution in [-0.4, -0.2) is 28.6 Å². The Labute approximate surface area is 116 Å². The lowest BCUT2D eigenvalue weighted by molar-refractivity contribution is 0.605. The summed E-state index contributed by atoms with van der Waals surface area (Å²) in [6.07, 6.45) is 4.06. The molecule has 2 nitrogen and oxygen atoms in total. The molecule has 1 heterocycles. The van der Waals surface area contributed by atoms with Crippen LogP contribution in [-0.2, 0) is 12.8 Å². The van der Waals surface area contributed by atoms with Crippen molar-refractivity contribution in [3.63, 3.8) is 0 Å². The van der Waals surface area contributed by atoms with E-state index >= 15 is 0 Å². The number of nitrogens with zero attached hydrogens (tertiary/aromatic N) is 1. The number of rotatable bonds is 6. The van der Waals surface area contributed by atoms with E-state index in [-0.39, 0.29) is 0 Å². The van der Waals surface area contributed by atoms with Gasteiger partial charge in [0.15, 0.2) is 0 Å². The number of aromatic nitrogens is 1. The molecule has 0 saturated heterocycles. The van der Waals surface area contributed by atoms with Gasteiger partial charge in [0.25, 0.3) is 0 Å². The van der Waals surface area contributed by atoms with Gasteiger partial charge in [0, 0.05) is 34.9 Å². The van der Waals surface area contributed by atoms with E-state index in [0.717, 1.165) is 18.6 Å². The Hall–Kier alpha value is -0.540. The zero-order valence-electron chi connectivity index (χ0n) is 12.3. The first-order valence-corrected chi connectivity index (χ1v) is 7.68. The molecule has 0 fully saturated rings. The van der Waals surface area contributed by atoms with E-state index in [0.29, 0.717) is 10.8 Å². The fourth-order valence-corrected chi connectivity index (χ4v) is 2.62. The van der Waals surface area contributed by atoms with Crippen molar-refractivity contribution in [2.45, 2.75) is 51.3 Å².